The van der Waals surface area contributed by atoms with Crippen LogP contribution in [0, 0.1) is 0 Å². The Labute approximate surface area is 52.9 Å². The first-order chi connectivity index (χ1) is 3.91. The Hall–Kier alpha value is -0.240. The maximum atomic E-state index is 4.20. The van der Waals surface area contributed by atoms with Crippen molar-refractivity contribution in [3.05, 3.63) is 12.2 Å². The highest BCUT2D eigenvalue weighted by Crippen LogP contribution is 2.34. The highest BCUT2D eigenvalue weighted by molar-refractivity contribution is 8.12. The average Bonchev–Trinajstić information content (AvgIpc) is 2.07. The fourth-order valence-electron chi connectivity index (χ4n) is 0.893. The monoisotopic (exact) mass is 124 g/mol. The van der Waals surface area contributed by atoms with E-state index in [-0.39, 0.29) is 5.54 Å². The number of hydrogen-bond donors (Lipinski definition) is 0. The second kappa shape index (κ2) is 1.38. The molecule has 1 aliphatic carbocycles. The largest absolute Gasteiger partial charge is 0.264 e. The van der Waals surface area contributed by atoms with Crippen LogP contribution in [0.1, 0.15) is 6.42 Å². The van der Waals surface area contributed by atoms with Crippen molar-refractivity contribution in [1.82, 2.24) is 0 Å². The minimum Gasteiger partial charge on any atom is -0.264 e. The normalized spacial score (nSPS) is 41.0. The standard InChI is InChI=1S/C6H6NS/c1-2-6(3-1)4-8-5-7-6/h1-2H,3-4H2. The summed E-state index contributed by atoms with van der Waals surface area (Å²) in [6, 6.07) is 0. The van der Waals surface area contributed by atoms with Crippen molar-refractivity contribution in [3.8, 4) is 0 Å². The summed E-state index contributed by atoms with van der Waals surface area (Å²) in [4.78, 5) is 4.20. The topological polar surface area (TPSA) is 12.4 Å². The number of rotatable bonds is 0. The Balaban J connectivity index is 2.26. The predicted octanol–water partition coefficient (Wildman–Crippen LogP) is 1.34. The second-order valence-electron chi connectivity index (χ2n) is 2.20. The lowest BCUT2D eigenvalue weighted by Gasteiger charge is -2.25. The van der Waals surface area contributed by atoms with Crippen LogP contribution in [0.25, 0.3) is 0 Å². The van der Waals surface area contributed by atoms with Gasteiger partial charge in [0.15, 0.2) is 0 Å². The molecule has 0 saturated carbocycles. The predicted molar refractivity (Wildman–Crippen MR) is 36.4 cm³/mol. The van der Waals surface area contributed by atoms with Crippen LogP contribution in [-0.4, -0.2) is 16.8 Å². The Morgan fingerprint density at radius 1 is 1.75 bits per heavy atom. The third kappa shape index (κ3) is 0.465. The van der Waals surface area contributed by atoms with E-state index >= 15 is 0 Å². The fourth-order valence-corrected chi connectivity index (χ4v) is 1.73. The van der Waals surface area contributed by atoms with E-state index in [1.54, 1.807) is 11.8 Å². The molecule has 0 saturated heterocycles. The van der Waals surface area contributed by atoms with E-state index in [0.29, 0.717) is 0 Å². The summed E-state index contributed by atoms with van der Waals surface area (Å²) in [6.07, 6.45) is 5.46. The molecular formula is C6H6NS. The average molecular weight is 124 g/mol. The van der Waals surface area contributed by atoms with Crippen molar-refractivity contribution in [2.75, 3.05) is 5.75 Å². The first-order valence-corrected chi connectivity index (χ1v) is 3.66. The third-order valence-electron chi connectivity index (χ3n) is 1.55. The number of nitrogens with zero attached hydrogens (tertiary/aromatic N) is 1. The minimum atomic E-state index is 0.213. The van der Waals surface area contributed by atoms with Crippen LogP contribution >= 0.6 is 11.8 Å². The SMILES string of the molecule is [C]1=NC2(C=CC2)CS1. The molecule has 1 spiro atoms. The Morgan fingerprint density at radius 3 is 2.88 bits per heavy atom. The van der Waals surface area contributed by atoms with Crippen molar-refractivity contribution in [2.45, 2.75) is 12.0 Å². The van der Waals surface area contributed by atoms with Gasteiger partial charge in [-0.25, -0.2) is 0 Å². The van der Waals surface area contributed by atoms with E-state index in [0.717, 1.165) is 12.2 Å². The van der Waals surface area contributed by atoms with Gasteiger partial charge in [0.2, 0.25) is 0 Å². The first-order valence-electron chi connectivity index (χ1n) is 2.68. The molecule has 0 fully saturated rings. The van der Waals surface area contributed by atoms with E-state index in [4.69, 9.17) is 0 Å². The second-order valence-corrected chi connectivity index (χ2v) is 2.96. The van der Waals surface area contributed by atoms with E-state index in [2.05, 4.69) is 22.7 Å². The molecule has 0 aromatic carbocycles. The number of thioether (sulfide) groups is 1. The molecule has 1 atom stereocenters. The molecule has 1 nitrogen and oxygen atoms in total. The van der Waals surface area contributed by atoms with Gasteiger partial charge < -0.3 is 0 Å². The zero-order valence-electron chi connectivity index (χ0n) is 4.42. The molecular weight excluding hydrogens is 118 g/mol. The van der Waals surface area contributed by atoms with Gasteiger partial charge >= 0.3 is 0 Å². The quantitative estimate of drug-likeness (QED) is 0.444. The van der Waals surface area contributed by atoms with Gasteiger partial charge in [-0.1, -0.05) is 12.2 Å². The molecule has 1 heterocycles. The van der Waals surface area contributed by atoms with E-state index in [9.17, 15) is 0 Å². The lowest BCUT2D eigenvalue weighted by atomic mass is 9.89. The first kappa shape index (κ1) is 4.62. The number of hydrogen-bond acceptors (Lipinski definition) is 2. The molecule has 2 aliphatic rings. The fraction of sp³-hybridized carbons (Fsp3) is 0.500. The molecule has 41 valence electrons. The highest BCUT2D eigenvalue weighted by atomic mass is 32.2. The minimum absolute atomic E-state index is 0.213. The molecule has 2 heteroatoms. The summed E-state index contributed by atoms with van der Waals surface area (Å²) in [5.74, 6) is 1.11. The van der Waals surface area contributed by atoms with Gasteiger partial charge in [-0.3, -0.25) is 4.99 Å². The van der Waals surface area contributed by atoms with Gasteiger partial charge in [-0.05, 0) is 6.42 Å². The summed E-state index contributed by atoms with van der Waals surface area (Å²) >= 11 is 1.69. The van der Waals surface area contributed by atoms with E-state index in [1.807, 2.05) is 0 Å². The van der Waals surface area contributed by atoms with Crippen LogP contribution in [0.2, 0.25) is 0 Å². The van der Waals surface area contributed by atoms with Gasteiger partial charge in [0.1, 0.15) is 5.55 Å². The summed E-state index contributed by atoms with van der Waals surface area (Å²) in [6.45, 7) is 0. The van der Waals surface area contributed by atoms with Crippen molar-refractivity contribution in [1.29, 1.82) is 0 Å². The zero-order chi connectivity index (χ0) is 5.45. The zero-order valence-corrected chi connectivity index (χ0v) is 5.24. The molecule has 0 N–H and O–H groups in total. The van der Waals surface area contributed by atoms with Crippen LogP contribution in [0.3, 0.4) is 0 Å². The smallest absolute Gasteiger partial charge is 0.123 e. The summed E-state index contributed by atoms with van der Waals surface area (Å²) < 4.78 is 0. The van der Waals surface area contributed by atoms with Crippen molar-refractivity contribution in [2.24, 2.45) is 4.99 Å². The molecule has 0 bridgehead atoms. The lowest BCUT2D eigenvalue weighted by Crippen LogP contribution is -2.28. The maximum absolute atomic E-state index is 4.20. The number of aliphatic imine (C=N–C) groups is 1. The molecule has 0 aromatic rings. The van der Waals surface area contributed by atoms with Crippen LogP contribution in [0.15, 0.2) is 17.1 Å². The van der Waals surface area contributed by atoms with Crippen molar-refractivity contribution in [3.63, 3.8) is 0 Å². The Kier molecular flexibility index (Phi) is 0.796. The van der Waals surface area contributed by atoms with Crippen molar-refractivity contribution >= 4 is 17.3 Å². The molecule has 0 amide bonds. The molecule has 1 radical (unpaired) electrons. The summed E-state index contributed by atoms with van der Waals surface area (Å²) in [5, 5.41) is 0. The van der Waals surface area contributed by atoms with Gasteiger partial charge in [0, 0.05) is 5.75 Å². The Morgan fingerprint density at radius 2 is 2.62 bits per heavy atom. The van der Waals surface area contributed by atoms with Gasteiger partial charge in [-0.15, -0.1) is 11.8 Å². The molecule has 8 heavy (non-hydrogen) atoms. The lowest BCUT2D eigenvalue weighted by molar-refractivity contribution is 0.570. The van der Waals surface area contributed by atoms with Crippen LogP contribution in [-0.2, 0) is 0 Å². The molecule has 1 aliphatic heterocycles. The van der Waals surface area contributed by atoms with Gasteiger partial charge in [0.25, 0.3) is 0 Å². The highest BCUT2D eigenvalue weighted by Gasteiger charge is 2.33. The van der Waals surface area contributed by atoms with E-state index in [1.165, 1.54) is 0 Å². The molecule has 2 rings (SSSR count). The van der Waals surface area contributed by atoms with Crippen LogP contribution in [0.4, 0.5) is 0 Å². The maximum Gasteiger partial charge on any atom is 0.123 e. The van der Waals surface area contributed by atoms with Crippen molar-refractivity contribution < 1.29 is 0 Å². The van der Waals surface area contributed by atoms with E-state index < -0.39 is 0 Å². The van der Waals surface area contributed by atoms with Gasteiger partial charge in [0.05, 0.1) is 5.54 Å². The van der Waals surface area contributed by atoms with Gasteiger partial charge in [-0.2, -0.15) is 0 Å². The summed E-state index contributed by atoms with van der Waals surface area (Å²) in [7, 11) is 0. The van der Waals surface area contributed by atoms with Crippen LogP contribution < -0.4 is 0 Å². The third-order valence-corrected chi connectivity index (χ3v) is 2.42. The van der Waals surface area contributed by atoms with Crippen LogP contribution in [0.5, 0.6) is 0 Å². The molecule has 1 unspecified atom stereocenters. The molecule has 0 aromatic heterocycles. The summed E-state index contributed by atoms with van der Waals surface area (Å²) in [5.41, 5.74) is 3.12. The Bertz CT molecular complexity index is 162.